The van der Waals surface area contributed by atoms with Crippen molar-refractivity contribution in [3.8, 4) is 17.0 Å². The molecule has 5 nitrogen and oxygen atoms in total. The topological polar surface area (TPSA) is 47.4 Å². The van der Waals surface area contributed by atoms with Gasteiger partial charge in [-0.2, -0.15) is 5.10 Å². The molecule has 0 radical (unpaired) electrons. The first kappa shape index (κ1) is 22.3. The summed E-state index contributed by atoms with van der Waals surface area (Å²) in [7, 11) is 1.89. The molecule has 5 rings (SSSR count). The van der Waals surface area contributed by atoms with Crippen LogP contribution in [0.3, 0.4) is 0 Å². The van der Waals surface area contributed by atoms with Crippen LogP contribution in [0, 0.1) is 0 Å². The van der Waals surface area contributed by atoms with Gasteiger partial charge in [-0.1, -0.05) is 37.3 Å². The average molecular weight is 470 g/mol. The van der Waals surface area contributed by atoms with Crippen molar-refractivity contribution < 1.29 is 9.53 Å². The van der Waals surface area contributed by atoms with Gasteiger partial charge in [0, 0.05) is 23.2 Å². The molecule has 1 atom stereocenters. The first-order valence-electron chi connectivity index (χ1n) is 11.4. The Bertz CT molecular complexity index is 1330. The number of hydrogen-bond acceptors (Lipinski definition) is 4. The molecule has 1 aromatic heterocycles. The van der Waals surface area contributed by atoms with E-state index in [1.807, 2.05) is 74.8 Å². The summed E-state index contributed by atoms with van der Waals surface area (Å²) in [5.41, 5.74) is 5.93. The average Bonchev–Trinajstić information content (AvgIpc) is 3.22. The maximum absolute atomic E-state index is 14.3. The lowest BCUT2D eigenvalue weighted by molar-refractivity contribution is 0.0989. The molecular formula is C28H27N3O2S. The first-order chi connectivity index (χ1) is 16.5. The summed E-state index contributed by atoms with van der Waals surface area (Å²) in [5.74, 6) is 0.642. The van der Waals surface area contributed by atoms with E-state index in [1.54, 1.807) is 21.3 Å². The summed E-state index contributed by atoms with van der Waals surface area (Å²) in [6.45, 7) is 4.09. The molecule has 0 spiro atoms. The van der Waals surface area contributed by atoms with Crippen LogP contribution in [0.4, 0.5) is 11.4 Å². The molecule has 0 bridgehead atoms. The number of fused-ring (bicyclic) bond motifs is 3. The molecule has 34 heavy (non-hydrogen) atoms. The fourth-order valence-corrected chi connectivity index (χ4v) is 5.02. The Kier molecular flexibility index (Phi) is 5.92. The third-order valence-electron chi connectivity index (χ3n) is 6.23. The third-order valence-corrected chi connectivity index (χ3v) is 6.96. The van der Waals surface area contributed by atoms with Crippen LogP contribution in [0.5, 0.6) is 5.75 Å². The van der Waals surface area contributed by atoms with Crippen molar-refractivity contribution >= 4 is 29.0 Å². The lowest BCUT2D eigenvalue weighted by Gasteiger charge is -2.27. The van der Waals surface area contributed by atoms with E-state index in [0.29, 0.717) is 5.69 Å². The summed E-state index contributed by atoms with van der Waals surface area (Å²) in [6.07, 6.45) is 2.63. The van der Waals surface area contributed by atoms with Crippen LogP contribution in [0.25, 0.3) is 11.3 Å². The predicted octanol–water partition coefficient (Wildman–Crippen LogP) is 6.80. The number of thioether (sulfide) groups is 1. The number of anilines is 2. The number of carbonyl (C=O) groups excluding carboxylic acids is 1. The van der Waals surface area contributed by atoms with Gasteiger partial charge in [0.2, 0.25) is 0 Å². The highest BCUT2D eigenvalue weighted by molar-refractivity contribution is 7.98. The number of para-hydroxylation sites is 1. The highest BCUT2D eigenvalue weighted by Gasteiger charge is 2.35. The minimum atomic E-state index is -0.293. The van der Waals surface area contributed by atoms with Crippen molar-refractivity contribution in [2.24, 2.45) is 7.05 Å². The highest BCUT2D eigenvalue weighted by atomic mass is 32.2. The van der Waals surface area contributed by atoms with Crippen LogP contribution in [0.1, 0.15) is 41.6 Å². The molecule has 1 aliphatic heterocycles. The lowest BCUT2D eigenvalue weighted by Crippen LogP contribution is -2.28. The van der Waals surface area contributed by atoms with Gasteiger partial charge in [-0.3, -0.25) is 14.4 Å². The minimum Gasteiger partial charge on any atom is -0.485 e. The molecule has 3 aromatic carbocycles. The maximum Gasteiger partial charge on any atom is 0.283 e. The van der Waals surface area contributed by atoms with E-state index in [-0.39, 0.29) is 12.0 Å². The number of amides is 1. The van der Waals surface area contributed by atoms with E-state index in [4.69, 9.17) is 9.84 Å². The van der Waals surface area contributed by atoms with Gasteiger partial charge >= 0.3 is 0 Å². The van der Waals surface area contributed by atoms with E-state index in [1.165, 1.54) is 5.56 Å². The molecule has 6 heteroatoms. The number of aryl methyl sites for hydroxylation is 2. The van der Waals surface area contributed by atoms with Crippen LogP contribution in [-0.4, -0.2) is 21.9 Å². The van der Waals surface area contributed by atoms with Crippen molar-refractivity contribution in [3.05, 3.63) is 89.6 Å². The molecular weight excluding hydrogens is 442 g/mol. The van der Waals surface area contributed by atoms with E-state index in [9.17, 15) is 4.79 Å². The molecule has 0 N–H and O–H groups in total. The minimum absolute atomic E-state index is 0.168. The first-order valence-corrected chi connectivity index (χ1v) is 12.6. The van der Waals surface area contributed by atoms with Crippen LogP contribution in [0.15, 0.2) is 77.7 Å². The Labute approximate surface area is 204 Å². The summed E-state index contributed by atoms with van der Waals surface area (Å²) in [4.78, 5) is 17.1. The normalized spacial score (nSPS) is 14.2. The van der Waals surface area contributed by atoms with Crippen molar-refractivity contribution in [1.82, 2.24) is 9.78 Å². The Balaban J connectivity index is 1.69. The van der Waals surface area contributed by atoms with Gasteiger partial charge in [0.25, 0.3) is 5.91 Å². The van der Waals surface area contributed by atoms with Gasteiger partial charge in [-0.25, -0.2) is 0 Å². The third kappa shape index (κ3) is 3.78. The predicted molar refractivity (Wildman–Crippen MR) is 138 cm³/mol. The number of benzene rings is 3. The molecule has 4 aromatic rings. The number of carbonyl (C=O) groups is 1. The number of aromatic nitrogens is 2. The van der Waals surface area contributed by atoms with Crippen LogP contribution >= 0.6 is 11.8 Å². The SMILES string of the molecule is CCc1cccc(N(C(=O)c2nn(C)c3c2C(C)Oc2ccccc2-3)c2cccc(SC)c2)c1. The van der Waals surface area contributed by atoms with Gasteiger partial charge in [0.05, 0.1) is 16.9 Å². The smallest absolute Gasteiger partial charge is 0.283 e. The van der Waals surface area contributed by atoms with Gasteiger partial charge < -0.3 is 4.74 Å². The van der Waals surface area contributed by atoms with Crippen molar-refractivity contribution in [1.29, 1.82) is 0 Å². The summed E-state index contributed by atoms with van der Waals surface area (Å²) < 4.78 is 8.00. The molecule has 0 saturated carbocycles. The van der Waals surface area contributed by atoms with Crippen molar-refractivity contribution in [3.63, 3.8) is 0 Å². The van der Waals surface area contributed by atoms with Crippen LogP contribution in [0.2, 0.25) is 0 Å². The second-order valence-corrected chi connectivity index (χ2v) is 9.24. The second-order valence-electron chi connectivity index (χ2n) is 8.36. The Morgan fingerprint density at radius 1 is 1.06 bits per heavy atom. The van der Waals surface area contributed by atoms with Gasteiger partial charge in [0.1, 0.15) is 11.9 Å². The van der Waals surface area contributed by atoms with Gasteiger partial charge in [0.15, 0.2) is 5.69 Å². The van der Waals surface area contributed by atoms with Gasteiger partial charge in [-0.05, 0) is 67.6 Å². The molecule has 1 amide bonds. The van der Waals surface area contributed by atoms with E-state index in [2.05, 4.69) is 25.1 Å². The summed E-state index contributed by atoms with van der Waals surface area (Å²) >= 11 is 1.65. The zero-order valence-corrected chi connectivity index (χ0v) is 20.6. The maximum atomic E-state index is 14.3. The molecule has 0 aliphatic carbocycles. The van der Waals surface area contributed by atoms with Gasteiger partial charge in [-0.15, -0.1) is 11.8 Å². The van der Waals surface area contributed by atoms with E-state index < -0.39 is 0 Å². The lowest BCUT2D eigenvalue weighted by atomic mass is 9.97. The number of nitrogens with zero attached hydrogens (tertiary/aromatic N) is 3. The van der Waals surface area contributed by atoms with E-state index in [0.717, 1.165) is 45.3 Å². The molecule has 2 heterocycles. The summed E-state index contributed by atoms with van der Waals surface area (Å²) in [6, 6.07) is 24.1. The standard InChI is InChI=1S/C28H27N3O2S/c1-5-19-10-8-11-20(16-19)31(21-12-9-13-22(17-21)34-4)28(32)26-25-18(2)33-24-15-7-6-14-23(24)27(25)30(3)29-26/h6-18H,5H2,1-4H3. The largest absolute Gasteiger partial charge is 0.485 e. The monoisotopic (exact) mass is 469 g/mol. The molecule has 0 fully saturated rings. The molecule has 0 saturated heterocycles. The Hall–Kier alpha value is -3.51. The molecule has 172 valence electrons. The second kappa shape index (κ2) is 9.03. The van der Waals surface area contributed by atoms with Crippen molar-refractivity contribution in [2.45, 2.75) is 31.3 Å². The zero-order chi connectivity index (χ0) is 23.8. The number of ether oxygens (including phenoxy) is 1. The molecule has 1 aliphatic rings. The van der Waals surface area contributed by atoms with Crippen LogP contribution < -0.4 is 9.64 Å². The van der Waals surface area contributed by atoms with Crippen molar-refractivity contribution in [2.75, 3.05) is 11.2 Å². The summed E-state index contributed by atoms with van der Waals surface area (Å²) in [5, 5.41) is 4.74. The quantitative estimate of drug-likeness (QED) is 0.302. The molecule has 1 unspecified atom stereocenters. The van der Waals surface area contributed by atoms with Crippen LogP contribution in [-0.2, 0) is 13.5 Å². The Morgan fingerprint density at radius 3 is 2.56 bits per heavy atom. The number of rotatable bonds is 5. The van der Waals surface area contributed by atoms with E-state index >= 15 is 0 Å². The fraction of sp³-hybridized carbons (Fsp3) is 0.214. The number of hydrogen-bond donors (Lipinski definition) is 0. The fourth-order valence-electron chi connectivity index (χ4n) is 4.57. The Morgan fingerprint density at radius 2 is 1.79 bits per heavy atom. The highest BCUT2D eigenvalue weighted by Crippen LogP contribution is 2.44. The zero-order valence-electron chi connectivity index (χ0n) is 19.8.